The minimum absolute atomic E-state index is 0.0637. The molecule has 2 aromatic heterocycles. The zero-order valence-electron chi connectivity index (χ0n) is 17.6. The number of carbonyl (C=O) groups excluding carboxylic acids is 1. The minimum atomic E-state index is -4.58. The van der Waals surface area contributed by atoms with Crippen molar-refractivity contribution in [1.82, 2.24) is 14.7 Å². The molecule has 1 amide bonds. The monoisotopic (exact) mass is 491 g/mol. The summed E-state index contributed by atoms with van der Waals surface area (Å²) in [4.78, 5) is 15.0. The highest BCUT2D eigenvalue weighted by atomic mass is 35.5. The standard InChI is InChI=1S/C24H21ClF3N3OS/c1-2-22(32)30-11-18(17-9-21(25)33-20(17)13-30)15-5-3-4-6-16(15)19-12-31(10-14-7-8-14)29-23(19)24(26,27)28/h2-6,9,12,14,18H,1,7-8,10-11,13H2. The van der Waals surface area contributed by atoms with Gasteiger partial charge in [-0.25, -0.2) is 0 Å². The fourth-order valence-electron chi connectivity index (χ4n) is 4.48. The van der Waals surface area contributed by atoms with E-state index in [1.807, 2.05) is 18.2 Å². The molecule has 5 rings (SSSR count). The molecular weight excluding hydrogens is 471 g/mol. The highest BCUT2D eigenvalue weighted by Crippen LogP contribution is 2.45. The lowest BCUT2D eigenvalue weighted by Crippen LogP contribution is -2.37. The van der Waals surface area contributed by atoms with Gasteiger partial charge in [0.15, 0.2) is 5.69 Å². The van der Waals surface area contributed by atoms with Crippen LogP contribution in [0.2, 0.25) is 4.34 Å². The maximum Gasteiger partial charge on any atom is 0.435 e. The summed E-state index contributed by atoms with van der Waals surface area (Å²) < 4.78 is 43.9. The van der Waals surface area contributed by atoms with Gasteiger partial charge in [0.05, 0.1) is 10.9 Å². The molecule has 0 radical (unpaired) electrons. The second kappa shape index (κ2) is 8.33. The lowest BCUT2D eigenvalue weighted by atomic mass is 9.84. The molecule has 1 aromatic carbocycles. The summed E-state index contributed by atoms with van der Waals surface area (Å²) in [6, 6.07) is 8.93. The molecule has 0 N–H and O–H groups in total. The molecule has 172 valence electrons. The van der Waals surface area contributed by atoms with Crippen LogP contribution >= 0.6 is 22.9 Å². The van der Waals surface area contributed by atoms with Gasteiger partial charge in [0.2, 0.25) is 5.91 Å². The van der Waals surface area contributed by atoms with E-state index in [9.17, 15) is 18.0 Å². The van der Waals surface area contributed by atoms with E-state index in [0.717, 1.165) is 23.3 Å². The van der Waals surface area contributed by atoms with Crippen molar-refractivity contribution >= 4 is 28.8 Å². The van der Waals surface area contributed by atoms with Crippen molar-refractivity contribution in [3.8, 4) is 11.1 Å². The van der Waals surface area contributed by atoms with E-state index in [1.54, 1.807) is 17.0 Å². The van der Waals surface area contributed by atoms with E-state index in [0.29, 0.717) is 41.0 Å². The second-order valence-electron chi connectivity index (χ2n) is 8.55. The number of benzene rings is 1. The molecule has 1 saturated carbocycles. The third-order valence-electron chi connectivity index (χ3n) is 6.21. The van der Waals surface area contributed by atoms with Gasteiger partial charge in [0.1, 0.15) is 0 Å². The normalized spacial score (nSPS) is 18.3. The molecule has 1 unspecified atom stereocenters. The summed E-state index contributed by atoms with van der Waals surface area (Å²) in [6.07, 6.45) is 0.226. The molecule has 3 heterocycles. The zero-order chi connectivity index (χ0) is 23.3. The van der Waals surface area contributed by atoms with Crippen molar-refractivity contribution < 1.29 is 18.0 Å². The molecule has 9 heteroatoms. The summed E-state index contributed by atoms with van der Waals surface area (Å²) >= 11 is 7.69. The molecule has 33 heavy (non-hydrogen) atoms. The van der Waals surface area contributed by atoms with E-state index < -0.39 is 11.9 Å². The molecule has 1 aliphatic heterocycles. The Bertz CT molecular complexity index is 1230. The summed E-state index contributed by atoms with van der Waals surface area (Å²) in [5.74, 6) is -0.146. The summed E-state index contributed by atoms with van der Waals surface area (Å²) in [7, 11) is 0. The van der Waals surface area contributed by atoms with Gasteiger partial charge in [-0.2, -0.15) is 18.3 Å². The number of amides is 1. The van der Waals surface area contributed by atoms with Crippen molar-refractivity contribution in [1.29, 1.82) is 0 Å². The highest BCUT2D eigenvalue weighted by molar-refractivity contribution is 7.16. The van der Waals surface area contributed by atoms with Crippen LogP contribution in [0.25, 0.3) is 11.1 Å². The number of fused-ring (bicyclic) bond motifs is 1. The summed E-state index contributed by atoms with van der Waals surface area (Å²) in [5, 5.41) is 3.92. The van der Waals surface area contributed by atoms with Crippen molar-refractivity contribution in [3.63, 3.8) is 0 Å². The number of hydrogen-bond acceptors (Lipinski definition) is 3. The smallest absolute Gasteiger partial charge is 0.333 e. The van der Waals surface area contributed by atoms with Crippen molar-refractivity contribution in [2.75, 3.05) is 6.54 Å². The molecule has 2 aliphatic rings. The Morgan fingerprint density at radius 2 is 2.00 bits per heavy atom. The fourth-order valence-corrected chi connectivity index (χ4v) is 5.84. The summed E-state index contributed by atoms with van der Waals surface area (Å²) in [5.41, 5.74) is 1.32. The predicted octanol–water partition coefficient (Wildman–Crippen LogP) is 6.35. The Kier molecular flexibility index (Phi) is 5.61. The quantitative estimate of drug-likeness (QED) is 0.390. The maximum absolute atomic E-state index is 14.0. The largest absolute Gasteiger partial charge is 0.435 e. The van der Waals surface area contributed by atoms with Crippen LogP contribution in [-0.2, 0) is 24.1 Å². The average molecular weight is 492 g/mol. The Morgan fingerprint density at radius 3 is 2.70 bits per heavy atom. The van der Waals surface area contributed by atoms with Gasteiger partial charge in [-0.05, 0) is 47.6 Å². The Labute approximate surface area is 198 Å². The van der Waals surface area contributed by atoms with Gasteiger partial charge in [-0.3, -0.25) is 9.48 Å². The lowest BCUT2D eigenvalue weighted by Gasteiger charge is -2.33. The molecule has 1 atom stereocenters. The number of carbonyl (C=O) groups is 1. The van der Waals surface area contributed by atoms with Crippen LogP contribution in [0.4, 0.5) is 13.2 Å². The van der Waals surface area contributed by atoms with Crippen molar-refractivity contribution in [3.05, 3.63) is 75.2 Å². The van der Waals surface area contributed by atoms with Crippen LogP contribution in [0.15, 0.2) is 49.2 Å². The van der Waals surface area contributed by atoms with E-state index in [4.69, 9.17) is 11.6 Å². The molecule has 0 bridgehead atoms. The van der Waals surface area contributed by atoms with E-state index in [2.05, 4.69) is 11.7 Å². The Morgan fingerprint density at radius 1 is 1.24 bits per heavy atom. The molecular formula is C24H21ClF3N3OS. The number of nitrogens with zero attached hydrogens (tertiary/aromatic N) is 3. The van der Waals surface area contributed by atoms with Gasteiger partial charge in [-0.1, -0.05) is 42.4 Å². The third kappa shape index (κ3) is 4.34. The van der Waals surface area contributed by atoms with Gasteiger partial charge >= 0.3 is 6.18 Å². The minimum Gasteiger partial charge on any atom is -0.333 e. The first-order valence-electron chi connectivity index (χ1n) is 10.7. The van der Waals surface area contributed by atoms with Crippen LogP contribution in [0, 0.1) is 5.92 Å². The van der Waals surface area contributed by atoms with Crippen molar-refractivity contribution in [2.45, 2.75) is 38.0 Å². The van der Waals surface area contributed by atoms with Crippen molar-refractivity contribution in [2.24, 2.45) is 5.92 Å². The van der Waals surface area contributed by atoms with E-state index in [-0.39, 0.29) is 17.4 Å². The first-order valence-corrected chi connectivity index (χ1v) is 11.9. The van der Waals surface area contributed by atoms with E-state index >= 15 is 0 Å². The number of halogens is 4. The number of thiophene rings is 1. The van der Waals surface area contributed by atoms with Crippen LogP contribution in [0.3, 0.4) is 0 Å². The lowest BCUT2D eigenvalue weighted by molar-refractivity contribution is -0.141. The third-order valence-corrected chi connectivity index (χ3v) is 7.47. The molecule has 3 aromatic rings. The number of rotatable bonds is 5. The van der Waals surface area contributed by atoms with Gasteiger partial charge in [0.25, 0.3) is 0 Å². The predicted molar refractivity (Wildman–Crippen MR) is 122 cm³/mol. The highest BCUT2D eigenvalue weighted by Gasteiger charge is 2.39. The van der Waals surface area contributed by atoms with Gasteiger partial charge in [-0.15, -0.1) is 11.3 Å². The Balaban J connectivity index is 1.63. The van der Waals surface area contributed by atoms with Crippen LogP contribution < -0.4 is 0 Å². The summed E-state index contributed by atoms with van der Waals surface area (Å²) in [6.45, 7) is 4.81. The first kappa shape index (κ1) is 22.2. The molecule has 1 aliphatic carbocycles. The maximum atomic E-state index is 14.0. The molecule has 1 fully saturated rings. The second-order valence-corrected chi connectivity index (χ2v) is 10.3. The zero-order valence-corrected chi connectivity index (χ0v) is 19.2. The van der Waals surface area contributed by atoms with E-state index in [1.165, 1.54) is 28.3 Å². The van der Waals surface area contributed by atoms with Gasteiger partial charge < -0.3 is 4.90 Å². The van der Waals surface area contributed by atoms with Crippen LogP contribution in [0.5, 0.6) is 0 Å². The van der Waals surface area contributed by atoms with Crippen LogP contribution in [0.1, 0.15) is 40.5 Å². The molecule has 0 spiro atoms. The average Bonchev–Trinajstić information content (AvgIpc) is 3.34. The Hall–Kier alpha value is -2.58. The number of hydrogen-bond donors (Lipinski definition) is 0. The first-order chi connectivity index (χ1) is 15.7. The fraction of sp³-hybridized carbons (Fsp3) is 0.333. The molecule has 4 nitrogen and oxygen atoms in total. The number of alkyl halides is 3. The topological polar surface area (TPSA) is 38.1 Å². The van der Waals surface area contributed by atoms with Crippen LogP contribution in [-0.4, -0.2) is 27.1 Å². The number of aromatic nitrogens is 2. The SMILES string of the molecule is C=CC(=O)N1Cc2sc(Cl)cc2C(c2ccccc2-c2cn(CC3CC3)nc2C(F)(F)F)C1. The van der Waals surface area contributed by atoms with Gasteiger partial charge in [0, 0.05) is 35.6 Å². The molecule has 0 saturated heterocycles.